The van der Waals surface area contributed by atoms with Gasteiger partial charge in [0.05, 0.1) is 5.56 Å². The van der Waals surface area contributed by atoms with Gasteiger partial charge in [-0.15, -0.1) is 11.3 Å². The first kappa shape index (κ1) is 13.8. The molecule has 2 aromatic rings. The SMILES string of the molecule is CN1CCc2c(sc(/N=C/c3ccccc3O)c2C#N)C1. The van der Waals surface area contributed by atoms with E-state index in [0.29, 0.717) is 11.1 Å². The highest BCUT2D eigenvalue weighted by molar-refractivity contribution is 7.16. The number of phenols is 1. The summed E-state index contributed by atoms with van der Waals surface area (Å²) in [5, 5.41) is 19.9. The number of hydrogen-bond donors (Lipinski definition) is 1. The molecule has 0 bridgehead atoms. The Morgan fingerprint density at radius 2 is 2.24 bits per heavy atom. The number of para-hydroxylation sites is 1. The van der Waals surface area contributed by atoms with Gasteiger partial charge in [-0.25, -0.2) is 4.99 Å². The maximum atomic E-state index is 9.75. The summed E-state index contributed by atoms with van der Waals surface area (Å²) in [4.78, 5) is 7.90. The fourth-order valence-corrected chi connectivity index (χ4v) is 3.67. The quantitative estimate of drug-likeness (QED) is 0.867. The van der Waals surface area contributed by atoms with Crippen molar-refractivity contribution in [2.75, 3.05) is 13.6 Å². The number of benzene rings is 1. The van der Waals surface area contributed by atoms with Crippen LogP contribution in [0.3, 0.4) is 0 Å². The third-order valence-electron chi connectivity index (χ3n) is 3.60. The third-order valence-corrected chi connectivity index (χ3v) is 4.72. The number of phenolic OH excluding ortho intramolecular Hbond substituents is 1. The van der Waals surface area contributed by atoms with Gasteiger partial charge in [-0.1, -0.05) is 12.1 Å². The van der Waals surface area contributed by atoms with Gasteiger partial charge >= 0.3 is 0 Å². The molecule has 1 N–H and O–H groups in total. The zero-order chi connectivity index (χ0) is 14.8. The number of aliphatic imine (C=N–C) groups is 1. The number of thiophene rings is 1. The number of rotatable bonds is 2. The van der Waals surface area contributed by atoms with E-state index in [9.17, 15) is 10.4 Å². The van der Waals surface area contributed by atoms with E-state index in [1.54, 1.807) is 35.8 Å². The molecule has 1 aromatic heterocycles. The summed E-state index contributed by atoms with van der Waals surface area (Å²) in [7, 11) is 2.08. The van der Waals surface area contributed by atoms with Crippen molar-refractivity contribution in [2.24, 2.45) is 4.99 Å². The van der Waals surface area contributed by atoms with Crippen LogP contribution in [-0.4, -0.2) is 29.8 Å². The highest BCUT2D eigenvalue weighted by Crippen LogP contribution is 2.38. The van der Waals surface area contributed by atoms with Gasteiger partial charge in [-0.05, 0) is 31.2 Å². The fourth-order valence-electron chi connectivity index (χ4n) is 2.45. The summed E-state index contributed by atoms with van der Waals surface area (Å²) in [6.45, 7) is 1.85. The number of fused-ring (bicyclic) bond motifs is 1. The zero-order valence-corrected chi connectivity index (χ0v) is 12.5. The molecule has 3 rings (SSSR count). The minimum absolute atomic E-state index is 0.195. The molecule has 0 saturated heterocycles. The normalized spacial score (nSPS) is 15.0. The fraction of sp³-hybridized carbons (Fsp3) is 0.250. The Balaban J connectivity index is 1.97. The van der Waals surface area contributed by atoms with Crippen molar-refractivity contribution in [3.8, 4) is 11.8 Å². The second kappa shape index (κ2) is 5.68. The molecule has 2 heterocycles. The first-order valence-corrected chi connectivity index (χ1v) is 7.56. The van der Waals surface area contributed by atoms with E-state index >= 15 is 0 Å². The number of nitrogens with zero attached hydrogens (tertiary/aromatic N) is 3. The Kier molecular flexibility index (Phi) is 3.74. The number of hydrogen-bond acceptors (Lipinski definition) is 5. The number of likely N-dealkylation sites (N-methyl/N-ethyl adjacent to an activating group) is 1. The van der Waals surface area contributed by atoms with E-state index in [2.05, 4.69) is 23.0 Å². The molecule has 106 valence electrons. The van der Waals surface area contributed by atoms with E-state index in [1.807, 2.05) is 6.07 Å². The third kappa shape index (κ3) is 2.68. The second-order valence-electron chi connectivity index (χ2n) is 5.10. The number of aromatic hydroxyl groups is 1. The lowest BCUT2D eigenvalue weighted by molar-refractivity contribution is 0.317. The molecule has 1 aromatic carbocycles. The molecular weight excluding hydrogens is 282 g/mol. The summed E-state index contributed by atoms with van der Waals surface area (Å²) in [5.74, 6) is 0.195. The van der Waals surface area contributed by atoms with Crippen LogP contribution < -0.4 is 0 Å². The van der Waals surface area contributed by atoms with E-state index in [0.717, 1.165) is 30.1 Å². The van der Waals surface area contributed by atoms with Crippen LogP contribution in [0.2, 0.25) is 0 Å². The molecule has 4 nitrogen and oxygen atoms in total. The standard InChI is InChI=1S/C16H15N3OS/c1-19-7-6-12-13(8-17)16(21-15(12)10-19)18-9-11-4-2-3-5-14(11)20/h2-5,9,20H,6-7,10H2,1H3/b18-9+. The summed E-state index contributed by atoms with van der Waals surface area (Å²) < 4.78 is 0. The Hall–Kier alpha value is -2.16. The van der Waals surface area contributed by atoms with Crippen LogP contribution in [0.4, 0.5) is 5.00 Å². The molecule has 1 aliphatic rings. The lowest BCUT2D eigenvalue weighted by Gasteiger charge is -2.21. The van der Waals surface area contributed by atoms with Gasteiger partial charge in [-0.3, -0.25) is 0 Å². The van der Waals surface area contributed by atoms with E-state index in [-0.39, 0.29) is 5.75 Å². The Morgan fingerprint density at radius 1 is 1.43 bits per heavy atom. The van der Waals surface area contributed by atoms with E-state index in [1.165, 1.54) is 4.88 Å². The molecule has 0 aliphatic carbocycles. The molecule has 0 fully saturated rings. The average molecular weight is 297 g/mol. The minimum Gasteiger partial charge on any atom is -0.507 e. The topological polar surface area (TPSA) is 59.6 Å². The highest BCUT2D eigenvalue weighted by atomic mass is 32.1. The van der Waals surface area contributed by atoms with Crippen molar-refractivity contribution in [3.05, 3.63) is 45.8 Å². The summed E-state index contributed by atoms with van der Waals surface area (Å²) >= 11 is 1.57. The van der Waals surface area contributed by atoms with E-state index < -0.39 is 0 Å². The molecule has 21 heavy (non-hydrogen) atoms. The van der Waals surface area contributed by atoms with Gasteiger partial charge in [-0.2, -0.15) is 5.26 Å². The monoisotopic (exact) mass is 297 g/mol. The predicted octanol–water partition coefficient (Wildman–Crippen LogP) is 3.06. The first-order chi connectivity index (χ1) is 10.2. The second-order valence-corrected chi connectivity index (χ2v) is 6.18. The Bertz CT molecular complexity index is 742. The molecule has 0 saturated carbocycles. The van der Waals surface area contributed by atoms with E-state index in [4.69, 9.17) is 0 Å². The van der Waals surface area contributed by atoms with Gasteiger partial charge in [0, 0.05) is 29.7 Å². The largest absolute Gasteiger partial charge is 0.507 e. The van der Waals surface area contributed by atoms with Crippen molar-refractivity contribution >= 4 is 22.6 Å². The molecule has 0 amide bonds. The van der Waals surface area contributed by atoms with Crippen molar-refractivity contribution in [2.45, 2.75) is 13.0 Å². The lowest BCUT2D eigenvalue weighted by atomic mass is 10.0. The van der Waals surface area contributed by atoms with Crippen LogP contribution in [0.5, 0.6) is 5.75 Å². The maximum Gasteiger partial charge on any atom is 0.134 e. The minimum atomic E-state index is 0.195. The van der Waals surface area contributed by atoms with Crippen molar-refractivity contribution in [1.82, 2.24) is 4.90 Å². The highest BCUT2D eigenvalue weighted by Gasteiger charge is 2.22. The lowest BCUT2D eigenvalue weighted by Crippen LogP contribution is -2.25. The van der Waals surface area contributed by atoms with Crippen molar-refractivity contribution < 1.29 is 5.11 Å². The first-order valence-electron chi connectivity index (χ1n) is 6.74. The van der Waals surface area contributed by atoms with Crippen LogP contribution in [0, 0.1) is 11.3 Å². The van der Waals surface area contributed by atoms with Gasteiger partial charge in [0.2, 0.25) is 0 Å². The average Bonchev–Trinajstić information content (AvgIpc) is 2.82. The van der Waals surface area contributed by atoms with Gasteiger partial charge in [0.1, 0.15) is 16.8 Å². The molecule has 0 radical (unpaired) electrons. The van der Waals surface area contributed by atoms with Crippen LogP contribution in [0.25, 0.3) is 0 Å². The van der Waals surface area contributed by atoms with Crippen LogP contribution in [0.1, 0.15) is 21.6 Å². The predicted molar refractivity (Wildman–Crippen MR) is 84.4 cm³/mol. The summed E-state index contributed by atoms with van der Waals surface area (Å²) in [6, 6.07) is 9.33. The van der Waals surface area contributed by atoms with Crippen LogP contribution in [-0.2, 0) is 13.0 Å². The molecule has 0 unspecified atom stereocenters. The molecule has 0 spiro atoms. The smallest absolute Gasteiger partial charge is 0.134 e. The molecular formula is C16H15N3OS. The Morgan fingerprint density at radius 3 is 3.00 bits per heavy atom. The zero-order valence-electron chi connectivity index (χ0n) is 11.7. The summed E-state index contributed by atoms with van der Waals surface area (Å²) in [5.41, 5.74) is 2.49. The van der Waals surface area contributed by atoms with Gasteiger partial charge in [0.15, 0.2) is 0 Å². The van der Waals surface area contributed by atoms with Crippen molar-refractivity contribution in [1.29, 1.82) is 5.26 Å². The molecule has 5 heteroatoms. The van der Waals surface area contributed by atoms with Gasteiger partial charge in [0.25, 0.3) is 0 Å². The van der Waals surface area contributed by atoms with Crippen LogP contribution >= 0.6 is 11.3 Å². The maximum absolute atomic E-state index is 9.75. The van der Waals surface area contributed by atoms with Crippen LogP contribution in [0.15, 0.2) is 29.3 Å². The van der Waals surface area contributed by atoms with Gasteiger partial charge < -0.3 is 10.0 Å². The molecule has 1 aliphatic heterocycles. The number of nitriles is 1. The summed E-state index contributed by atoms with van der Waals surface area (Å²) in [6.07, 6.45) is 2.52. The van der Waals surface area contributed by atoms with Crippen molar-refractivity contribution in [3.63, 3.8) is 0 Å². The molecule has 0 atom stereocenters. The Labute approximate surface area is 127 Å².